The minimum Gasteiger partial charge on any atom is -0.315 e. The van der Waals surface area contributed by atoms with Crippen LogP contribution in [-0.2, 0) is 13.0 Å². The van der Waals surface area contributed by atoms with Crippen LogP contribution in [0.15, 0.2) is 17.1 Å². The van der Waals surface area contributed by atoms with Crippen LogP contribution in [0.5, 0.6) is 0 Å². The van der Waals surface area contributed by atoms with Gasteiger partial charge >= 0.3 is 0 Å². The molecule has 0 N–H and O–H groups in total. The van der Waals surface area contributed by atoms with Crippen LogP contribution >= 0.6 is 0 Å². The molecular weight excluding hydrogens is 202 g/mol. The Morgan fingerprint density at radius 1 is 1.38 bits per heavy atom. The highest BCUT2D eigenvalue weighted by Gasteiger charge is 2.37. The van der Waals surface area contributed by atoms with Gasteiger partial charge in [0.25, 0.3) is 5.56 Å². The maximum absolute atomic E-state index is 12.1. The molecule has 0 atom stereocenters. The van der Waals surface area contributed by atoms with E-state index in [1.807, 2.05) is 20.8 Å². The predicted molar refractivity (Wildman–Crippen MR) is 62.8 cm³/mol. The fourth-order valence-corrected chi connectivity index (χ4v) is 2.30. The highest BCUT2D eigenvalue weighted by molar-refractivity contribution is 6.04. The zero-order valence-corrected chi connectivity index (χ0v) is 10.0. The summed E-state index contributed by atoms with van der Waals surface area (Å²) in [6.07, 6.45) is 3.32. The number of pyridine rings is 1. The van der Waals surface area contributed by atoms with Gasteiger partial charge in [-0.2, -0.15) is 0 Å². The summed E-state index contributed by atoms with van der Waals surface area (Å²) in [5.41, 5.74) is 1.30. The van der Waals surface area contributed by atoms with Crippen molar-refractivity contribution >= 4 is 5.78 Å². The van der Waals surface area contributed by atoms with Gasteiger partial charge in [-0.1, -0.05) is 20.8 Å². The third-order valence-corrected chi connectivity index (χ3v) is 3.17. The number of nitrogens with zero attached hydrogens (tertiary/aromatic N) is 1. The van der Waals surface area contributed by atoms with Crippen molar-refractivity contribution in [3.63, 3.8) is 0 Å². The molecule has 0 radical (unpaired) electrons. The summed E-state index contributed by atoms with van der Waals surface area (Å²) in [7, 11) is 0. The monoisotopic (exact) mass is 219 g/mol. The molecule has 0 fully saturated rings. The first kappa shape index (κ1) is 11.1. The Morgan fingerprint density at radius 2 is 2.06 bits per heavy atom. The Morgan fingerprint density at radius 3 is 2.69 bits per heavy atom. The van der Waals surface area contributed by atoms with Gasteiger partial charge < -0.3 is 4.57 Å². The van der Waals surface area contributed by atoms with E-state index in [1.54, 1.807) is 16.8 Å². The molecule has 0 aromatic carbocycles. The largest absolute Gasteiger partial charge is 0.315 e. The number of hydrogen-bond acceptors (Lipinski definition) is 2. The van der Waals surface area contributed by atoms with Crippen molar-refractivity contribution in [2.75, 3.05) is 0 Å². The van der Waals surface area contributed by atoms with Crippen molar-refractivity contribution in [2.24, 2.45) is 5.41 Å². The van der Waals surface area contributed by atoms with Crippen LogP contribution in [-0.4, -0.2) is 10.4 Å². The molecule has 1 aromatic heterocycles. The van der Waals surface area contributed by atoms with Crippen molar-refractivity contribution in [1.82, 2.24) is 4.57 Å². The normalized spacial score (nSPS) is 17.6. The summed E-state index contributed by atoms with van der Waals surface area (Å²) < 4.78 is 1.64. The predicted octanol–water partition coefficient (Wildman–Crippen LogP) is 2.02. The number of fused-ring (bicyclic) bond motifs is 1. The summed E-state index contributed by atoms with van der Waals surface area (Å²) in [6, 6.07) is 1.62. The molecule has 0 bridgehead atoms. The maximum atomic E-state index is 12.1. The van der Waals surface area contributed by atoms with E-state index >= 15 is 0 Å². The Kier molecular flexibility index (Phi) is 2.49. The van der Waals surface area contributed by atoms with Gasteiger partial charge in [0.05, 0.1) is 0 Å². The molecular formula is C13H17NO2. The second-order valence-corrected chi connectivity index (χ2v) is 5.13. The summed E-state index contributed by atoms with van der Waals surface area (Å²) in [6.45, 7) is 6.57. The lowest BCUT2D eigenvalue weighted by atomic mass is 9.89. The summed E-state index contributed by atoms with van der Waals surface area (Å²) in [4.78, 5) is 23.8. The highest BCUT2D eigenvalue weighted by atomic mass is 16.1. The molecule has 3 heteroatoms. The Labute approximate surface area is 95.1 Å². The molecule has 3 nitrogen and oxygen atoms in total. The van der Waals surface area contributed by atoms with Crippen LogP contribution in [0, 0.1) is 5.41 Å². The van der Waals surface area contributed by atoms with Crippen LogP contribution < -0.4 is 5.56 Å². The number of Topliss-reactive ketones (excluding diaryl/α,β-unsaturated/α-hetero) is 1. The topological polar surface area (TPSA) is 39.1 Å². The molecule has 0 saturated heterocycles. The maximum Gasteiger partial charge on any atom is 0.250 e. The quantitative estimate of drug-likeness (QED) is 0.763. The zero-order valence-electron chi connectivity index (χ0n) is 10.0. The number of carbonyl (C=O) groups excluding carboxylic acids is 1. The minimum atomic E-state index is -0.347. The fraction of sp³-hybridized carbons (Fsp3) is 0.538. The number of hydrogen-bond donors (Lipinski definition) is 0. The van der Waals surface area contributed by atoms with Gasteiger partial charge in [0.2, 0.25) is 0 Å². The molecule has 1 aliphatic carbocycles. The first-order valence-electron chi connectivity index (χ1n) is 5.74. The van der Waals surface area contributed by atoms with E-state index in [2.05, 4.69) is 0 Å². The molecule has 86 valence electrons. The summed E-state index contributed by atoms with van der Waals surface area (Å²) in [5, 5.41) is 0. The van der Waals surface area contributed by atoms with E-state index in [1.165, 1.54) is 0 Å². The third-order valence-electron chi connectivity index (χ3n) is 3.17. The number of aryl methyl sites for hydroxylation is 1. The lowest BCUT2D eigenvalue weighted by molar-refractivity contribution is 0.0863. The second-order valence-electron chi connectivity index (χ2n) is 5.13. The van der Waals surface area contributed by atoms with Gasteiger partial charge in [-0.05, 0) is 18.4 Å². The van der Waals surface area contributed by atoms with Gasteiger partial charge in [-0.3, -0.25) is 9.59 Å². The number of aromatic nitrogens is 1. The molecule has 16 heavy (non-hydrogen) atoms. The van der Waals surface area contributed by atoms with E-state index in [-0.39, 0.29) is 16.8 Å². The molecule has 0 unspecified atom stereocenters. The van der Waals surface area contributed by atoms with E-state index in [4.69, 9.17) is 0 Å². The van der Waals surface area contributed by atoms with E-state index in [9.17, 15) is 9.59 Å². The minimum absolute atomic E-state index is 0.00565. The van der Waals surface area contributed by atoms with Crippen LogP contribution in [0.1, 0.15) is 43.1 Å². The average Bonchev–Trinajstić information content (AvgIpc) is 2.40. The molecule has 1 heterocycles. The SMILES string of the molecule is CCCn1cc2c(cc1=O)CC(C)(C)C2=O. The number of carbonyl (C=O) groups is 1. The molecule has 0 spiro atoms. The van der Waals surface area contributed by atoms with Crippen molar-refractivity contribution in [2.45, 2.75) is 40.2 Å². The van der Waals surface area contributed by atoms with Crippen LogP contribution in [0.3, 0.4) is 0 Å². The van der Waals surface area contributed by atoms with E-state index in [0.717, 1.165) is 17.5 Å². The van der Waals surface area contributed by atoms with Crippen molar-refractivity contribution in [3.05, 3.63) is 33.7 Å². The molecule has 1 aliphatic rings. The van der Waals surface area contributed by atoms with Gasteiger partial charge in [0, 0.05) is 29.8 Å². The van der Waals surface area contributed by atoms with Crippen molar-refractivity contribution < 1.29 is 4.79 Å². The molecule has 1 aromatic rings. The van der Waals surface area contributed by atoms with Gasteiger partial charge in [0.15, 0.2) is 5.78 Å². The van der Waals surface area contributed by atoms with Gasteiger partial charge in [-0.15, -0.1) is 0 Å². The van der Waals surface area contributed by atoms with Crippen molar-refractivity contribution in [3.8, 4) is 0 Å². The number of rotatable bonds is 2. The lowest BCUT2D eigenvalue weighted by Gasteiger charge is -2.12. The number of ketones is 1. The molecule has 0 aliphatic heterocycles. The second kappa shape index (κ2) is 3.58. The van der Waals surface area contributed by atoms with E-state index in [0.29, 0.717) is 13.0 Å². The van der Waals surface area contributed by atoms with E-state index < -0.39 is 0 Å². The molecule has 2 rings (SSSR count). The first-order chi connectivity index (χ1) is 7.45. The van der Waals surface area contributed by atoms with Gasteiger partial charge in [0.1, 0.15) is 0 Å². The Bertz CT molecular complexity index is 497. The smallest absolute Gasteiger partial charge is 0.250 e. The van der Waals surface area contributed by atoms with Crippen molar-refractivity contribution in [1.29, 1.82) is 0 Å². The third kappa shape index (κ3) is 1.60. The molecule has 0 saturated carbocycles. The van der Waals surface area contributed by atoms with Crippen LogP contribution in [0.2, 0.25) is 0 Å². The lowest BCUT2D eigenvalue weighted by Crippen LogP contribution is -2.21. The summed E-state index contributed by atoms with van der Waals surface area (Å²) >= 11 is 0. The average molecular weight is 219 g/mol. The molecule has 0 amide bonds. The van der Waals surface area contributed by atoms with Gasteiger partial charge in [-0.25, -0.2) is 0 Å². The first-order valence-corrected chi connectivity index (χ1v) is 5.74. The Hall–Kier alpha value is -1.38. The van der Waals surface area contributed by atoms with Crippen LogP contribution in [0.25, 0.3) is 0 Å². The summed E-state index contributed by atoms with van der Waals surface area (Å²) in [5.74, 6) is 0.160. The zero-order chi connectivity index (χ0) is 11.9. The highest BCUT2D eigenvalue weighted by Crippen LogP contribution is 2.35. The standard InChI is InChI=1S/C13H17NO2/c1-4-5-14-8-10-9(6-11(14)15)7-13(2,3)12(10)16/h6,8H,4-5,7H2,1-3H3. The van der Waals surface area contributed by atoms with Crippen LogP contribution in [0.4, 0.5) is 0 Å². The fourth-order valence-electron chi connectivity index (χ4n) is 2.30. The Balaban J connectivity index is 2.53.